The Labute approximate surface area is 549 Å². The molecule has 0 atom stereocenters. The lowest BCUT2D eigenvalue weighted by atomic mass is 9.34. The molecule has 5 heteroatoms. The highest BCUT2D eigenvalue weighted by Gasteiger charge is 2.44. The Morgan fingerprint density at radius 2 is 0.753 bits per heavy atom. The van der Waals surface area contributed by atoms with Crippen molar-refractivity contribution >= 4 is 148 Å². The van der Waals surface area contributed by atoms with Gasteiger partial charge in [-0.15, -0.1) is 0 Å². The minimum absolute atomic E-state index is 0.0914. The Kier molecular flexibility index (Phi) is 9.79. The third-order valence-electron chi connectivity index (χ3n) is 21.4. The van der Waals surface area contributed by atoms with Gasteiger partial charge in [0.15, 0.2) is 0 Å². The molecule has 17 aromatic rings. The van der Waals surface area contributed by atoms with Crippen LogP contribution in [0.2, 0.25) is 0 Å². The van der Waals surface area contributed by atoms with Gasteiger partial charge in [0, 0.05) is 76.3 Å². The number of fused-ring (bicyclic) bond motifs is 24. The van der Waals surface area contributed by atoms with E-state index in [1.807, 2.05) is 0 Å². The Morgan fingerprint density at radius 1 is 0.312 bits per heavy atom. The average Bonchev–Trinajstić information content (AvgIpc) is 1.46. The molecule has 0 N–H and O–H groups in total. The molecule has 0 amide bonds. The van der Waals surface area contributed by atoms with Crippen molar-refractivity contribution in [2.24, 2.45) is 0 Å². The van der Waals surface area contributed by atoms with Gasteiger partial charge in [-0.05, 0) is 172 Å². The predicted molar refractivity (Wildman–Crippen MR) is 402 cm³/mol. The smallest absolute Gasteiger partial charge is 0.252 e. The second-order valence-corrected chi connectivity index (χ2v) is 31.0. The molecular weight excluding hydrogens is 1120 g/mol. The number of rotatable bonds is 2. The zero-order chi connectivity index (χ0) is 67.6. The number of aromatic nitrogens is 4. The number of nitrogens with zero attached hydrogens (tertiary/aromatic N) is 4. The fraction of sp³-hybridized carbons (Fsp3) is 0.182. The molecule has 0 unspecified atom stereocenters. The lowest BCUT2D eigenvalue weighted by molar-refractivity contribution is 0.590. The maximum absolute atomic E-state index is 9.72. The van der Waals surface area contributed by atoms with Crippen LogP contribution >= 0.6 is 0 Å². The summed E-state index contributed by atoms with van der Waals surface area (Å²) < 4.78 is 56.9. The number of hydrogen-bond acceptors (Lipinski definition) is 0. The van der Waals surface area contributed by atoms with Crippen LogP contribution in [0.4, 0.5) is 0 Å². The first kappa shape index (κ1) is 49.6. The van der Waals surface area contributed by atoms with Gasteiger partial charge >= 0.3 is 0 Å². The van der Waals surface area contributed by atoms with Crippen LogP contribution in [0, 0.1) is 0 Å². The molecule has 2 aliphatic heterocycles. The summed E-state index contributed by atoms with van der Waals surface area (Å²) in [7, 11) is 0. The summed E-state index contributed by atoms with van der Waals surface area (Å²) >= 11 is 0. The highest BCUT2D eigenvalue weighted by atomic mass is 15.1. The minimum atomic E-state index is -0.453. The standard InChI is InChI=1S/C88H73BN4/c1-85(2,3)52-33-37-73-64(43-52)65-44-53(86(4,5)6)34-38-74(65)90(73)56-47-69-67-46-55(88(10,11)12)36-40-76(67)93-83(69)71(48-56)89-70-42-51(50-23-14-13-15-24-50)41-68-66-45-54(87(7,8)9)35-39-75(66)92(82(68)70)78-49-77-79(84(93)80(78)89)63-31-22-30-62-60-28-19-17-26-58(60)57-25-16-18-27-59(57)61-29-20-21-32-72(61)91(77)81(62)63/h13-49H,1-12H3/i13D,14D,15D,23D,24D. The van der Waals surface area contributed by atoms with E-state index in [2.05, 4.69) is 295 Å². The fourth-order valence-corrected chi connectivity index (χ4v) is 16.8. The van der Waals surface area contributed by atoms with Gasteiger partial charge in [0.25, 0.3) is 6.71 Å². The largest absolute Gasteiger partial charge is 0.310 e. The van der Waals surface area contributed by atoms with Gasteiger partial charge in [-0.25, -0.2) is 0 Å². The number of hydrogen-bond donors (Lipinski definition) is 0. The molecule has 19 rings (SSSR count). The first-order valence-electron chi connectivity index (χ1n) is 35.6. The first-order chi connectivity index (χ1) is 46.8. The summed E-state index contributed by atoms with van der Waals surface area (Å²) in [6, 6.07) is 72.4. The summed E-state index contributed by atoms with van der Waals surface area (Å²) in [5, 5.41) is 16.0. The maximum atomic E-state index is 9.72. The van der Waals surface area contributed by atoms with Crippen molar-refractivity contribution < 1.29 is 6.85 Å². The molecule has 0 aliphatic carbocycles. The topological polar surface area (TPSA) is 19.2 Å². The third-order valence-corrected chi connectivity index (χ3v) is 21.4. The summed E-state index contributed by atoms with van der Waals surface area (Å²) in [4.78, 5) is 0. The van der Waals surface area contributed by atoms with E-state index < -0.39 is 12.8 Å². The second kappa shape index (κ2) is 18.4. The summed E-state index contributed by atoms with van der Waals surface area (Å²) in [6.45, 7) is 27.1. The van der Waals surface area contributed by atoms with Gasteiger partial charge in [-0.3, -0.25) is 0 Å². The van der Waals surface area contributed by atoms with Crippen LogP contribution in [0.25, 0.3) is 153 Å². The summed E-state index contributed by atoms with van der Waals surface area (Å²) in [6.07, 6.45) is 0. The van der Waals surface area contributed by atoms with Crippen molar-refractivity contribution in [2.75, 3.05) is 0 Å². The zero-order valence-electron chi connectivity index (χ0n) is 59.8. The highest BCUT2D eigenvalue weighted by Crippen LogP contribution is 2.49. The van der Waals surface area contributed by atoms with Crippen LogP contribution in [0.3, 0.4) is 0 Å². The summed E-state index contributed by atoms with van der Waals surface area (Å²) in [5.41, 5.74) is 21.6. The average molecular weight is 1200 g/mol. The molecule has 5 aromatic heterocycles. The zero-order valence-corrected chi connectivity index (χ0v) is 54.8. The quantitative estimate of drug-likeness (QED) is 0.154. The molecule has 0 spiro atoms. The first-order valence-corrected chi connectivity index (χ1v) is 33.1. The molecule has 448 valence electrons. The van der Waals surface area contributed by atoms with Crippen molar-refractivity contribution in [3.05, 3.63) is 247 Å². The maximum Gasteiger partial charge on any atom is 0.252 e. The van der Waals surface area contributed by atoms with E-state index in [1.165, 1.54) is 54.6 Å². The van der Waals surface area contributed by atoms with Crippen molar-refractivity contribution in [3.8, 4) is 28.2 Å². The van der Waals surface area contributed by atoms with E-state index in [0.717, 1.165) is 126 Å². The van der Waals surface area contributed by atoms with Crippen LogP contribution in [0.5, 0.6) is 0 Å². The van der Waals surface area contributed by atoms with Crippen LogP contribution in [0.1, 0.15) is 112 Å². The van der Waals surface area contributed by atoms with Crippen LogP contribution in [-0.2, 0) is 21.7 Å². The molecule has 0 saturated carbocycles. The minimum Gasteiger partial charge on any atom is -0.310 e. The van der Waals surface area contributed by atoms with Crippen LogP contribution in [0.15, 0.2) is 224 Å². The van der Waals surface area contributed by atoms with Crippen molar-refractivity contribution in [3.63, 3.8) is 0 Å². The van der Waals surface area contributed by atoms with E-state index in [1.54, 1.807) is 0 Å². The molecular formula is C88H73BN4. The molecule has 4 nitrogen and oxygen atoms in total. The van der Waals surface area contributed by atoms with Crippen LogP contribution in [-0.4, -0.2) is 24.8 Å². The number of benzene rings is 12. The van der Waals surface area contributed by atoms with E-state index >= 15 is 0 Å². The normalized spacial score (nSPS) is 14.3. The van der Waals surface area contributed by atoms with E-state index in [4.69, 9.17) is 1.37 Å². The van der Waals surface area contributed by atoms with Gasteiger partial charge < -0.3 is 18.1 Å². The molecule has 93 heavy (non-hydrogen) atoms. The highest BCUT2D eigenvalue weighted by molar-refractivity contribution is 7.00. The molecule has 0 radical (unpaired) electrons. The fourth-order valence-electron chi connectivity index (χ4n) is 16.8. The predicted octanol–water partition coefficient (Wildman–Crippen LogP) is 21.6. The molecule has 0 bridgehead atoms. The Hall–Kier alpha value is -10.1. The van der Waals surface area contributed by atoms with Gasteiger partial charge in [0.1, 0.15) is 0 Å². The van der Waals surface area contributed by atoms with Gasteiger partial charge in [-0.1, -0.05) is 229 Å². The van der Waals surface area contributed by atoms with Gasteiger partial charge in [0.2, 0.25) is 0 Å². The molecule has 12 aromatic carbocycles. The van der Waals surface area contributed by atoms with E-state index in [-0.39, 0.29) is 51.4 Å². The Morgan fingerprint density at radius 3 is 1.31 bits per heavy atom. The van der Waals surface area contributed by atoms with Crippen molar-refractivity contribution in [1.29, 1.82) is 0 Å². The molecule has 0 saturated heterocycles. The van der Waals surface area contributed by atoms with Gasteiger partial charge in [0.05, 0.1) is 51.2 Å². The van der Waals surface area contributed by atoms with Crippen molar-refractivity contribution in [1.82, 2.24) is 18.1 Å². The Bertz CT molecular complexity index is 6500. The van der Waals surface area contributed by atoms with Crippen molar-refractivity contribution in [2.45, 2.75) is 105 Å². The molecule has 7 heterocycles. The molecule has 2 aliphatic rings. The van der Waals surface area contributed by atoms with E-state index in [0.29, 0.717) is 5.56 Å². The third kappa shape index (κ3) is 7.45. The Balaban J connectivity index is 1.08. The molecule has 0 fully saturated rings. The second-order valence-electron chi connectivity index (χ2n) is 31.0. The summed E-state index contributed by atoms with van der Waals surface area (Å²) in [5.74, 6) is 0. The van der Waals surface area contributed by atoms with E-state index in [9.17, 15) is 5.48 Å². The van der Waals surface area contributed by atoms with Crippen LogP contribution < -0.4 is 16.4 Å². The number of para-hydroxylation sites is 2. The lowest BCUT2D eigenvalue weighted by Crippen LogP contribution is -2.59. The monoisotopic (exact) mass is 1200 g/mol. The van der Waals surface area contributed by atoms with Gasteiger partial charge in [-0.2, -0.15) is 0 Å². The lowest BCUT2D eigenvalue weighted by Gasteiger charge is -2.35. The SMILES string of the molecule is [2H]c1c([2H])c([2H])c(-c2cc3c4c(c2)c2cc(C(C)(C)C)ccc2n4-c2cc4c(c5c2B3c2cc(-n3c6ccc(C(C)(C)C)cc6c6cc(C(C)(C)C)ccc63)cc3c6cc(C(C)(C)C)ccc6n-5c23)c2cccc3c5ccccc5c5ccccc5c5ccccc5n4c32)c([2H])c1[2H].